The highest BCUT2D eigenvalue weighted by molar-refractivity contribution is 7.94. The molecule has 1 amide bonds. The highest BCUT2D eigenvalue weighted by Gasteiger charge is 2.58. The molecule has 1 aromatic heterocycles. The predicted octanol–water partition coefficient (Wildman–Crippen LogP) is 2.80. The standard InChI is InChI=1S/C23H27ClN4O5S/c1-12-7-18-23(4,28-21(25)22(2,3)34(18,31)32)16-9-15(5-6-17(16)33-12)27-20(30)19-13(11-29)8-14(24)10-26-19/h5-6,8-10,12,18,29H,7,11H2,1-4H3,(H2,25,28)(H,27,30)/t12-,18+,23+/m0/s1. The minimum Gasteiger partial charge on any atom is -0.490 e. The number of halogens is 1. The molecule has 182 valence electrons. The Morgan fingerprint density at radius 3 is 2.71 bits per heavy atom. The number of rotatable bonds is 3. The first-order chi connectivity index (χ1) is 15.8. The molecule has 4 N–H and O–H groups in total. The molecule has 1 aromatic carbocycles. The number of anilines is 1. The van der Waals surface area contributed by atoms with Crippen LogP contribution < -0.4 is 15.8 Å². The van der Waals surface area contributed by atoms with Gasteiger partial charge >= 0.3 is 0 Å². The average molecular weight is 507 g/mol. The zero-order chi connectivity index (χ0) is 25.1. The van der Waals surface area contributed by atoms with E-state index in [-0.39, 0.29) is 29.6 Å². The third-order valence-electron chi connectivity index (χ3n) is 6.66. The zero-order valence-electron chi connectivity index (χ0n) is 19.3. The number of ether oxygens (including phenoxy) is 1. The number of aromatic nitrogens is 1. The molecular weight excluding hydrogens is 480 g/mol. The second-order valence-corrected chi connectivity index (χ2v) is 12.5. The number of sulfone groups is 1. The molecule has 0 unspecified atom stereocenters. The van der Waals surface area contributed by atoms with Gasteiger partial charge in [0.25, 0.3) is 5.91 Å². The number of hydrogen-bond donors (Lipinski definition) is 3. The zero-order valence-corrected chi connectivity index (χ0v) is 20.9. The van der Waals surface area contributed by atoms with E-state index >= 15 is 0 Å². The fourth-order valence-electron chi connectivity index (χ4n) is 4.52. The minimum atomic E-state index is -3.73. The number of benzene rings is 1. The number of aliphatic imine (C=N–C) groups is 1. The van der Waals surface area contributed by atoms with E-state index in [0.717, 1.165) is 0 Å². The van der Waals surface area contributed by atoms with Gasteiger partial charge in [-0.3, -0.25) is 9.79 Å². The Hall–Kier alpha value is -2.69. The highest BCUT2D eigenvalue weighted by Crippen LogP contribution is 2.49. The number of nitrogens with zero attached hydrogens (tertiary/aromatic N) is 2. The first-order valence-electron chi connectivity index (χ1n) is 10.8. The molecule has 0 saturated carbocycles. The molecule has 0 bridgehead atoms. The van der Waals surface area contributed by atoms with Gasteiger partial charge < -0.3 is 20.9 Å². The van der Waals surface area contributed by atoms with E-state index in [2.05, 4.69) is 10.3 Å². The molecule has 0 aliphatic carbocycles. The van der Waals surface area contributed by atoms with Gasteiger partial charge in [0.15, 0.2) is 9.84 Å². The third-order valence-corrected chi connectivity index (χ3v) is 9.90. The Bertz CT molecular complexity index is 1310. The van der Waals surface area contributed by atoms with Crippen molar-refractivity contribution >= 4 is 38.9 Å². The molecule has 2 aromatic rings. The lowest BCUT2D eigenvalue weighted by Crippen LogP contribution is -2.60. The molecule has 4 rings (SSSR count). The molecule has 3 heterocycles. The summed E-state index contributed by atoms with van der Waals surface area (Å²) < 4.78 is 32.0. The number of amides is 1. The number of nitrogens with two attached hydrogens (primary N) is 1. The van der Waals surface area contributed by atoms with Crippen molar-refractivity contribution in [2.75, 3.05) is 5.32 Å². The maximum absolute atomic E-state index is 13.6. The number of carbonyl (C=O) groups is 1. The molecule has 2 aliphatic heterocycles. The fraction of sp³-hybridized carbons (Fsp3) is 0.435. The van der Waals surface area contributed by atoms with Gasteiger partial charge in [0.2, 0.25) is 0 Å². The average Bonchev–Trinajstić information content (AvgIpc) is 2.87. The van der Waals surface area contributed by atoms with Gasteiger partial charge in [-0.2, -0.15) is 0 Å². The number of hydrogen-bond acceptors (Lipinski definition) is 8. The third kappa shape index (κ3) is 3.73. The number of fused-ring (bicyclic) bond motifs is 3. The Labute approximate surface area is 203 Å². The Morgan fingerprint density at radius 2 is 2.03 bits per heavy atom. The lowest BCUT2D eigenvalue weighted by Gasteiger charge is -2.43. The molecule has 0 fully saturated rings. The summed E-state index contributed by atoms with van der Waals surface area (Å²) in [5.74, 6) is -0.0487. The second kappa shape index (κ2) is 8.21. The van der Waals surface area contributed by atoms with Crippen LogP contribution in [0.2, 0.25) is 5.02 Å². The SMILES string of the molecule is C[C@H]1C[C@@H]2[C@](C)(N=C(N)C(C)(C)S2(=O)=O)c2cc(NC(=O)c3ncc(Cl)cc3CO)ccc2O1. The summed E-state index contributed by atoms with van der Waals surface area (Å²) >= 11 is 5.91. The lowest BCUT2D eigenvalue weighted by molar-refractivity contribution is 0.101. The molecule has 34 heavy (non-hydrogen) atoms. The first kappa shape index (κ1) is 24.4. The largest absolute Gasteiger partial charge is 0.490 e. The summed E-state index contributed by atoms with van der Waals surface area (Å²) in [5, 5.41) is 11.8. The summed E-state index contributed by atoms with van der Waals surface area (Å²) in [5.41, 5.74) is 6.17. The predicted molar refractivity (Wildman–Crippen MR) is 130 cm³/mol. The summed E-state index contributed by atoms with van der Waals surface area (Å²) in [6.07, 6.45) is 1.18. The minimum absolute atomic E-state index is 0.0270. The van der Waals surface area contributed by atoms with Crippen LogP contribution in [0, 0.1) is 0 Å². The van der Waals surface area contributed by atoms with E-state index < -0.39 is 37.9 Å². The van der Waals surface area contributed by atoms with Crippen molar-refractivity contribution in [2.45, 2.75) is 62.4 Å². The maximum Gasteiger partial charge on any atom is 0.274 e. The van der Waals surface area contributed by atoms with E-state index in [1.807, 2.05) is 6.92 Å². The Morgan fingerprint density at radius 1 is 1.32 bits per heavy atom. The number of amidine groups is 1. The van der Waals surface area contributed by atoms with Crippen molar-refractivity contribution in [2.24, 2.45) is 10.7 Å². The highest BCUT2D eigenvalue weighted by atomic mass is 35.5. The maximum atomic E-state index is 13.6. The number of aliphatic hydroxyl groups is 1. The topological polar surface area (TPSA) is 144 Å². The van der Waals surface area contributed by atoms with Crippen LogP contribution in [-0.2, 0) is 22.0 Å². The van der Waals surface area contributed by atoms with Crippen LogP contribution in [0.4, 0.5) is 5.69 Å². The molecule has 2 aliphatic rings. The van der Waals surface area contributed by atoms with Crippen molar-refractivity contribution in [3.8, 4) is 5.75 Å². The summed E-state index contributed by atoms with van der Waals surface area (Å²) in [4.78, 5) is 21.6. The van der Waals surface area contributed by atoms with Gasteiger partial charge in [-0.25, -0.2) is 13.4 Å². The number of aliphatic hydroxyl groups excluding tert-OH is 1. The van der Waals surface area contributed by atoms with Crippen LogP contribution in [-0.4, -0.2) is 46.4 Å². The Kier molecular flexibility index (Phi) is 5.90. The normalized spacial score (nSPS) is 26.8. The van der Waals surface area contributed by atoms with Gasteiger partial charge in [-0.05, 0) is 52.0 Å². The van der Waals surface area contributed by atoms with Gasteiger partial charge in [0.05, 0.1) is 23.0 Å². The van der Waals surface area contributed by atoms with Crippen LogP contribution in [0.15, 0.2) is 35.5 Å². The van der Waals surface area contributed by atoms with Gasteiger partial charge in [-0.1, -0.05) is 11.6 Å². The number of carbonyl (C=O) groups excluding carboxylic acids is 1. The van der Waals surface area contributed by atoms with Crippen molar-refractivity contribution in [3.63, 3.8) is 0 Å². The van der Waals surface area contributed by atoms with Gasteiger partial charge in [0.1, 0.15) is 27.6 Å². The smallest absolute Gasteiger partial charge is 0.274 e. The quantitative estimate of drug-likeness (QED) is 0.580. The molecule has 3 atom stereocenters. The van der Waals surface area contributed by atoms with E-state index in [1.54, 1.807) is 39.0 Å². The van der Waals surface area contributed by atoms with E-state index in [9.17, 15) is 18.3 Å². The second-order valence-electron chi connectivity index (χ2n) is 9.34. The summed E-state index contributed by atoms with van der Waals surface area (Å²) in [7, 11) is -3.73. The van der Waals surface area contributed by atoms with Gasteiger partial charge in [-0.15, -0.1) is 0 Å². The summed E-state index contributed by atoms with van der Waals surface area (Å²) in [6.45, 7) is 6.26. The van der Waals surface area contributed by atoms with Crippen LogP contribution in [0.3, 0.4) is 0 Å². The van der Waals surface area contributed by atoms with Crippen LogP contribution >= 0.6 is 11.6 Å². The molecular formula is C23H27ClN4O5S. The molecule has 9 nitrogen and oxygen atoms in total. The molecule has 11 heteroatoms. The van der Waals surface area contributed by atoms with Crippen LogP contribution in [0.1, 0.15) is 55.7 Å². The fourth-order valence-corrected chi connectivity index (χ4v) is 7.06. The van der Waals surface area contributed by atoms with Gasteiger partial charge in [0, 0.05) is 29.4 Å². The van der Waals surface area contributed by atoms with Crippen LogP contribution in [0.25, 0.3) is 0 Å². The summed E-state index contributed by atoms with van der Waals surface area (Å²) in [6, 6.07) is 6.44. The molecule has 0 spiro atoms. The molecule has 0 saturated heterocycles. The van der Waals surface area contributed by atoms with E-state index in [4.69, 9.17) is 27.1 Å². The van der Waals surface area contributed by atoms with Crippen molar-refractivity contribution in [1.82, 2.24) is 4.98 Å². The van der Waals surface area contributed by atoms with E-state index in [0.29, 0.717) is 22.0 Å². The van der Waals surface area contributed by atoms with Crippen molar-refractivity contribution < 1.29 is 23.1 Å². The first-order valence-corrected chi connectivity index (χ1v) is 12.7. The van der Waals surface area contributed by atoms with Crippen molar-refractivity contribution in [3.05, 3.63) is 52.3 Å². The monoisotopic (exact) mass is 506 g/mol. The Balaban J connectivity index is 1.81. The van der Waals surface area contributed by atoms with Crippen LogP contribution in [0.5, 0.6) is 5.75 Å². The van der Waals surface area contributed by atoms with E-state index in [1.165, 1.54) is 12.3 Å². The molecule has 0 radical (unpaired) electrons. The number of pyridine rings is 1. The van der Waals surface area contributed by atoms with Crippen molar-refractivity contribution in [1.29, 1.82) is 0 Å². The lowest BCUT2D eigenvalue weighted by atomic mass is 9.85. The number of nitrogens with one attached hydrogen (secondary N) is 1.